The Hall–Kier alpha value is -2.64. The normalized spacial score (nSPS) is 24.4. The predicted molar refractivity (Wildman–Crippen MR) is 105 cm³/mol. The van der Waals surface area contributed by atoms with Gasteiger partial charge in [-0.05, 0) is 43.2 Å². The van der Waals surface area contributed by atoms with Crippen molar-refractivity contribution in [1.82, 2.24) is 20.7 Å². The van der Waals surface area contributed by atoms with Gasteiger partial charge in [0.25, 0.3) is 0 Å². The summed E-state index contributed by atoms with van der Waals surface area (Å²) >= 11 is 0. The number of hydrogen-bond donors (Lipinski definition) is 2. The molecular formula is C21H26N4O3. The van der Waals surface area contributed by atoms with Crippen LogP contribution >= 0.6 is 0 Å². The lowest BCUT2D eigenvalue weighted by molar-refractivity contribution is -0.132. The van der Waals surface area contributed by atoms with Gasteiger partial charge in [-0.25, -0.2) is 10.9 Å². The number of ether oxygens (including phenoxy) is 2. The molecule has 148 valence electrons. The number of benzene rings is 1. The fourth-order valence-electron chi connectivity index (χ4n) is 4.09. The maximum atomic E-state index is 13.0. The first-order valence-electron chi connectivity index (χ1n) is 9.62. The van der Waals surface area contributed by atoms with Gasteiger partial charge in [0.1, 0.15) is 17.5 Å². The third-order valence-electron chi connectivity index (χ3n) is 5.62. The fraction of sp³-hybridized carbons (Fsp3) is 0.429. The minimum absolute atomic E-state index is 0.0482. The van der Waals surface area contributed by atoms with E-state index in [-0.39, 0.29) is 23.9 Å². The highest BCUT2D eigenvalue weighted by Crippen LogP contribution is 2.36. The van der Waals surface area contributed by atoms with Crippen molar-refractivity contribution in [3.8, 4) is 11.5 Å². The lowest BCUT2D eigenvalue weighted by Crippen LogP contribution is -2.44. The van der Waals surface area contributed by atoms with Crippen molar-refractivity contribution in [1.29, 1.82) is 0 Å². The van der Waals surface area contributed by atoms with E-state index in [1.807, 2.05) is 41.3 Å². The molecule has 0 saturated carbocycles. The number of hydrogen-bond acceptors (Lipinski definition) is 6. The lowest BCUT2D eigenvalue weighted by atomic mass is 9.97. The molecule has 2 aromatic rings. The minimum Gasteiger partial charge on any atom is -0.497 e. The molecule has 0 radical (unpaired) electrons. The van der Waals surface area contributed by atoms with Gasteiger partial charge >= 0.3 is 0 Å². The van der Waals surface area contributed by atoms with Crippen LogP contribution in [-0.2, 0) is 4.79 Å². The molecule has 1 aromatic carbocycles. The second kappa shape index (κ2) is 8.16. The van der Waals surface area contributed by atoms with Crippen LogP contribution in [0.4, 0.5) is 0 Å². The van der Waals surface area contributed by atoms with Gasteiger partial charge in [0.05, 0.1) is 26.0 Å². The molecule has 1 aromatic heterocycles. The topological polar surface area (TPSA) is 75.7 Å². The van der Waals surface area contributed by atoms with E-state index in [9.17, 15) is 4.79 Å². The van der Waals surface area contributed by atoms with E-state index in [0.717, 1.165) is 35.7 Å². The Bertz CT molecular complexity index is 830. The van der Waals surface area contributed by atoms with Crippen LogP contribution in [0.2, 0.25) is 0 Å². The van der Waals surface area contributed by atoms with Gasteiger partial charge in [0, 0.05) is 30.8 Å². The maximum absolute atomic E-state index is 13.0. The molecule has 0 bridgehead atoms. The first-order chi connectivity index (χ1) is 13.7. The van der Waals surface area contributed by atoms with E-state index >= 15 is 0 Å². The average Bonchev–Trinajstić information content (AvgIpc) is 3.43. The number of methoxy groups -OCH3 is 2. The SMILES string of the molecule is COc1ccc(OC)c(C2CCN(C(=O)C3CC(c4ccccn4)NN3)C2)c1. The highest BCUT2D eigenvalue weighted by Gasteiger charge is 2.37. The first-order valence-corrected chi connectivity index (χ1v) is 9.62. The van der Waals surface area contributed by atoms with Gasteiger partial charge in [0.2, 0.25) is 5.91 Å². The van der Waals surface area contributed by atoms with Gasteiger partial charge < -0.3 is 14.4 Å². The van der Waals surface area contributed by atoms with Gasteiger partial charge in [0.15, 0.2) is 0 Å². The van der Waals surface area contributed by atoms with Crippen molar-refractivity contribution in [2.75, 3.05) is 27.3 Å². The molecule has 28 heavy (non-hydrogen) atoms. The van der Waals surface area contributed by atoms with Gasteiger partial charge in [-0.2, -0.15) is 0 Å². The Morgan fingerprint density at radius 1 is 1.18 bits per heavy atom. The fourth-order valence-corrected chi connectivity index (χ4v) is 4.09. The quantitative estimate of drug-likeness (QED) is 0.824. The third kappa shape index (κ3) is 3.68. The Morgan fingerprint density at radius 3 is 2.82 bits per heavy atom. The van der Waals surface area contributed by atoms with Crippen LogP contribution in [0.5, 0.6) is 11.5 Å². The van der Waals surface area contributed by atoms with Crippen LogP contribution in [0, 0.1) is 0 Å². The number of pyridine rings is 1. The van der Waals surface area contributed by atoms with E-state index in [2.05, 4.69) is 15.8 Å². The van der Waals surface area contributed by atoms with E-state index in [1.54, 1.807) is 20.4 Å². The minimum atomic E-state index is -0.238. The van der Waals surface area contributed by atoms with E-state index in [1.165, 1.54) is 0 Å². The second-order valence-electron chi connectivity index (χ2n) is 7.26. The number of nitrogens with zero attached hydrogens (tertiary/aromatic N) is 2. The number of carbonyl (C=O) groups excluding carboxylic acids is 1. The summed E-state index contributed by atoms with van der Waals surface area (Å²) in [5.41, 5.74) is 8.41. The summed E-state index contributed by atoms with van der Waals surface area (Å²) < 4.78 is 10.9. The molecule has 2 aliphatic rings. The standard InChI is InChI=1S/C21H26N4O3/c1-27-15-6-7-20(28-2)16(11-15)14-8-10-25(13-14)21(26)19-12-18(23-24-19)17-5-3-4-9-22-17/h3-7,9,11,14,18-19,23-24H,8,10,12-13H2,1-2H3. The van der Waals surface area contributed by atoms with Crippen LogP contribution < -0.4 is 20.3 Å². The molecule has 7 nitrogen and oxygen atoms in total. The zero-order valence-electron chi connectivity index (χ0n) is 16.2. The first kappa shape index (κ1) is 18.7. The summed E-state index contributed by atoms with van der Waals surface area (Å²) in [6, 6.07) is 11.5. The molecule has 2 aliphatic heterocycles. The molecular weight excluding hydrogens is 356 g/mol. The van der Waals surface area contributed by atoms with Crippen LogP contribution in [0.1, 0.15) is 36.1 Å². The largest absolute Gasteiger partial charge is 0.497 e. The summed E-state index contributed by atoms with van der Waals surface area (Å²) in [6.07, 6.45) is 3.39. The van der Waals surface area contributed by atoms with Crippen molar-refractivity contribution in [2.45, 2.75) is 30.8 Å². The Labute approximate surface area is 165 Å². The maximum Gasteiger partial charge on any atom is 0.241 e. The van der Waals surface area contributed by atoms with Crippen molar-refractivity contribution in [3.63, 3.8) is 0 Å². The molecule has 2 fully saturated rings. The van der Waals surface area contributed by atoms with Crippen molar-refractivity contribution < 1.29 is 14.3 Å². The Kier molecular flexibility index (Phi) is 5.45. The van der Waals surface area contributed by atoms with Crippen LogP contribution in [0.15, 0.2) is 42.6 Å². The summed E-state index contributed by atoms with van der Waals surface area (Å²) in [7, 11) is 3.34. The monoisotopic (exact) mass is 382 g/mol. The van der Waals surface area contributed by atoms with E-state index in [0.29, 0.717) is 13.0 Å². The summed E-state index contributed by atoms with van der Waals surface area (Å²) in [5.74, 6) is 2.03. The zero-order chi connectivity index (χ0) is 19.5. The number of aromatic nitrogens is 1. The van der Waals surface area contributed by atoms with E-state index in [4.69, 9.17) is 9.47 Å². The highest BCUT2D eigenvalue weighted by molar-refractivity contribution is 5.82. The molecule has 3 atom stereocenters. The van der Waals surface area contributed by atoms with Crippen LogP contribution in [-0.4, -0.2) is 49.1 Å². The molecule has 2 saturated heterocycles. The van der Waals surface area contributed by atoms with E-state index < -0.39 is 0 Å². The highest BCUT2D eigenvalue weighted by atomic mass is 16.5. The van der Waals surface area contributed by atoms with Crippen LogP contribution in [0.25, 0.3) is 0 Å². The molecule has 1 amide bonds. The third-order valence-corrected chi connectivity index (χ3v) is 5.62. The molecule has 0 spiro atoms. The molecule has 4 rings (SSSR count). The summed E-state index contributed by atoms with van der Waals surface area (Å²) in [4.78, 5) is 19.4. The van der Waals surface area contributed by atoms with Crippen molar-refractivity contribution >= 4 is 5.91 Å². The number of hydrazine groups is 1. The number of amides is 1. The second-order valence-corrected chi connectivity index (χ2v) is 7.26. The number of rotatable bonds is 5. The molecule has 0 aliphatic carbocycles. The summed E-state index contributed by atoms with van der Waals surface area (Å²) in [5, 5.41) is 0. The Balaban J connectivity index is 1.41. The molecule has 3 heterocycles. The molecule has 7 heteroatoms. The average molecular weight is 382 g/mol. The smallest absolute Gasteiger partial charge is 0.241 e. The lowest BCUT2D eigenvalue weighted by Gasteiger charge is -2.21. The predicted octanol–water partition coefficient (Wildman–Crippen LogP) is 2.02. The number of nitrogens with one attached hydrogen (secondary N) is 2. The Morgan fingerprint density at radius 2 is 2.07 bits per heavy atom. The van der Waals surface area contributed by atoms with Gasteiger partial charge in [-0.3, -0.25) is 9.78 Å². The molecule has 3 unspecified atom stereocenters. The van der Waals surface area contributed by atoms with Crippen molar-refractivity contribution in [2.24, 2.45) is 0 Å². The number of likely N-dealkylation sites (tertiary alicyclic amines) is 1. The zero-order valence-corrected chi connectivity index (χ0v) is 16.2. The van der Waals surface area contributed by atoms with Crippen LogP contribution in [0.3, 0.4) is 0 Å². The molecule has 2 N–H and O–H groups in total. The number of carbonyl (C=O) groups is 1. The van der Waals surface area contributed by atoms with Gasteiger partial charge in [-0.1, -0.05) is 6.07 Å². The van der Waals surface area contributed by atoms with Crippen molar-refractivity contribution in [3.05, 3.63) is 53.9 Å². The summed E-state index contributed by atoms with van der Waals surface area (Å²) in [6.45, 7) is 1.44. The van der Waals surface area contributed by atoms with Gasteiger partial charge in [-0.15, -0.1) is 0 Å².